The standard InChI is InChI=1S/C28H40N4O3/c1-22(33)29-21-28(24-7-5-4-6-8-24)13-17-32(18-14-28)27(34)23-11-15-31(16-12-23)20-26-10-9-25(35-26)19-30(2)3/h4-10,23H,11-21H2,1-3H3,(H,29,33). The van der Waals surface area contributed by atoms with E-state index in [4.69, 9.17) is 4.42 Å². The minimum atomic E-state index is -0.110. The Labute approximate surface area is 209 Å². The van der Waals surface area contributed by atoms with E-state index in [-0.39, 0.29) is 17.2 Å². The molecule has 3 heterocycles. The summed E-state index contributed by atoms with van der Waals surface area (Å²) in [4.78, 5) is 31.6. The van der Waals surface area contributed by atoms with Crippen LogP contribution in [0.5, 0.6) is 0 Å². The van der Waals surface area contributed by atoms with Gasteiger partial charge in [-0.25, -0.2) is 0 Å². The molecule has 0 saturated carbocycles. The highest BCUT2D eigenvalue weighted by atomic mass is 16.3. The van der Waals surface area contributed by atoms with Crippen LogP contribution < -0.4 is 5.32 Å². The van der Waals surface area contributed by atoms with Crippen LogP contribution in [0.25, 0.3) is 0 Å². The molecule has 2 amide bonds. The fourth-order valence-electron chi connectivity index (χ4n) is 5.53. The molecule has 0 aliphatic carbocycles. The molecule has 0 radical (unpaired) electrons. The Morgan fingerprint density at radius 2 is 1.66 bits per heavy atom. The Morgan fingerprint density at radius 1 is 1.00 bits per heavy atom. The highest BCUT2D eigenvalue weighted by Crippen LogP contribution is 2.36. The molecule has 35 heavy (non-hydrogen) atoms. The molecule has 1 aromatic carbocycles. The number of carbonyl (C=O) groups excluding carboxylic acids is 2. The molecular weight excluding hydrogens is 440 g/mol. The quantitative estimate of drug-likeness (QED) is 0.628. The SMILES string of the molecule is CC(=O)NCC1(c2ccccc2)CCN(C(=O)C2CCN(Cc3ccc(CN(C)C)o3)CC2)CC1. The van der Waals surface area contributed by atoms with Crippen molar-refractivity contribution in [3.63, 3.8) is 0 Å². The minimum absolute atomic E-state index is 0.00551. The Hall–Kier alpha value is -2.64. The van der Waals surface area contributed by atoms with Crippen molar-refractivity contribution in [2.24, 2.45) is 5.92 Å². The third-order valence-electron chi connectivity index (χ3n) is 7.60. The van der Waals surface area contributed by atoms with Gasteiger partial charge < -0.3 is 19.5 Å². The third-order valence-corrected chi connectivity index (χ3v) is 7.60. The lowest BCUT2D eigenvalue weighted by Crippen LogP contribution is -2.52. The van der Waals surface area contributed by atoms with Crippen molar-refractivity contribution >= 4 is 11.8 Å². The molecule has 2 fully saturated rings. The molecule has 0 unspecified atom stereocenters. The maximum absolute atomic E-state index is 13.4. The Balaban J connectivity index is 1.28. The number of benzene rings is 1. The van der Waals surface area contributed by atoms with E-state index < -0.39 is 0 Å². The maximum Gasteiger partial charge on any atom is 0.225 e. The molecule has 0 spiro atoms. The van der Waals surface area contributed by atoms with Gasteiger partial charge in [0, 0.05) is 37.9 Å². The van der Waals surface area contributed by atoms with Crippen molar-refractivity contribution in [2.45, 2.75) is 51.1 Å². The predicted molar refractivity (Wildman–Crippen MR) is 137 cm³/mol. The normalized spacial score (nSPS) is 19.1. The molecule has 2 aliphatic heterocycles. The van der Waals surface area contributed by atoms with E-state index in [2.05, 4.69) is 56.4 Å². The maximum atomic E-state index is 13.4. The Kier molecular flexibility index (Phi) is 8.29. The second-order valence-corrected chi connectivity index (χ2v) is 10.5. The van der Waals surface area contributed by atoms with E-state index in [1.807, 2.05) is 20.2 Å². The van der Waals surface area contributed by atoms with Crippen molar-refractivity contribution in [2.75, 3.05) is 46.8 Å². The first-order valence-electron chi connectivity index (χ1n) is 12.9. The molecule has 0 bridgehead atoms. The largest absolute Gasteiger partial charge is 0.463 e. The van der Waals surface area contributed by atoms with Gasteiger partial charge in [-0.05, 0) is 70.6 Å². The molecule has 4 rings (SSSR count). The first-order chi connectivity index (χ1) is 16.8. The number of hydrogen-bond acceptors (Lipinski definition) is 5. The number of nitrogens with zero attached hydrogens (tertiary/aromatic N) is 3. The fraction of sp³-hybridized carbons (Fsp3) is 0.571. The average molecular weight is 481 g/mol. The van der Waals surface area contributed by atoms with Crippen molar-refractivity contribution in [1.82, 2.24) is 20.0 Å². The number of amides is 2. The lowest BCUT2D eigenvalue weighted by Gasteiger charge is -2.44. The smallest absolute Gasteiger partial charge is 0.225 e. The molecule has 190 valence electrons. The summed E-state index contributed by atoms with van der Waals surface area (Å²) in [5.74, 6) is 2.39. The molecule has 1 aromatic heterocycles. The van der Waals surface area contributed by atoms with Crippen LogP contribution in [0.4, 0.5) is 0 Å². The van der Waals surface area contributed by atoms with Gasteiger partial charge in [0.2, 0.25) is 11.8 Å². The summed E-state index contributed by atoms with van der Waals surface area (Å²) in [6, 6.07) is 14.6. The summed E-state index contributed by atoms with van der Waals surface area (Å²) in [6.45, 7) is 7.13. The van der Waals surface area contributed by atoms with Crippen LogP contribution in [0.3, 0.4) is 0 Å². The average Bonchev–Trinajstić information content (AvgIpc) is 3.29. The topological polar surface area (TPSA) is 69.0 Å². The van der Waals surface area contributed by atoms with Crippen LogP contribution in [0.15, 0.2) is 46.9 Å². The van der Waals surface area contributed by atoms with Gasteiger partial charge in [0.05, 0.1) is 13.1 Å². The highest BCUT2D eigenvalue weighted by molar-refractivity contribution is 5.79. The molecule has 7 nitrogen and oxygen atoms in total. The highest BCUT2D eigenvalue weighted by Gasteiger charge is 2.39. The second kappa shape index (κ2) is 11.4. The summed E-state index contributed by atoms with van der Waals surface area (Å²) >= 11 is 0. The van der Waals surface area contributed by atoms with Gasteiger partial charge in [-0.2, -0.15) is 0 Å². The fourth-order valence-corrected chi connectivity index (χ4v) is 5.53. The van der Waals surface area contributed by atoms with Crippen molar-refractivity contribution in [1.29, 1.82) is 0 Å². The van der Waals surface area contributed by atoms with Crippen LogP contribution in [0, 0.1) is 5.92 Å². The van der Waals surface area contributed by atoms with Crippen LogP contribution >= 0.6 is 0 Å². The first kappa shape index (κ1) is 25.5. The Bertz CT molecular complexity index is 971. The van der Waals surface area contributed by atoms with Gasteiger partial charge in [0.25, 0.3) is 0 Å². The third kappa shape index (κ3) is 6.53. The summed E-state index contributed by atoms with van der Waals surface area (Å²) in [5, 5.41) is 3.04. The zero-order chi connectivity index (χ0) is 24.8. The summed E-state index contributed by atoms with van der Waals surface area (Å²) < 4.78 is 5.97. The number of nitrogens with one attached hydrogen (secondary N) is 1. The number of likely N-dealkylation sites (tertiary alicyclic amines) is 2. The minimum Gasteiger partial charge on any atom is -0.463 e. The first-order valence-corrected chi connectivity index (χ1v) is 12.9. The monoisotopic (exact) mass is 480 g/mol. The van der Waals surface area contributed by atoms with E-state index in [0.29, 0.717) is 12.5 Å². The van der Waals surface area contributed by atoms with Crippen LogP contribution in [0.2, 0.25) is 0 Å². The van der Waals surface area contributed by atoms with Gasteiger partial charge in [0.1, 0.15) is 11.5 Å². The zero-order valence-electron chi connectivity index (χ0n) is 21.5. The van der Waals surface area contributed by atoms with Crippen molar-refractivity contribution < 1.29 is 14.0 Å². The lowest BCUT2D eigenvalue weighted by molar-refractivity contribution is -0.139. The Morgan fingerprint density at radius 3 is 2.29 bits per heavy atom. The molecule has 2 saturated heterocycles. The number of furan rings is 1. The zero-order valence-corrected chi connectivity index (χ0v) is 21.5. The van der Waals surface area contributed by atoms with Gasteiger partial charge in [-0.1, -0.05) is 30.3 Å². The van der Waals surface area contributed by atoms with Crippen molar-refractivity contribution in [3.8, 4) is 0 Å². The molecule has 0 atom stereocenters. The van der Waals surface area contributed by atoms with E-state index in [9.17, 15) is 9.59 Å². The number of hydrogen-bond donors (Lipinski definition) is 1. The molecule has 2 aliphatic rings. The van der Waals surface area contributed by atoms with Gasteiger partial charge in [-0.3, -0.25) is 14.5 Å². The van der Waals surface area contributed by atoms with E-state index in [0.717, 1.165) is 76.5 Å². The summed E-state index contributed by atoms with van der Waals surface area (Å²) in [6.07, 6.45) is 3.54. The number of piperidine rings is 2. The second-order valence-electron chi connectivity index (χ2n) is 10.5. The van der Waals surface area contributed by atoms with Crippen molar-refractivity contribution in [3.05, 3.63) is 59.5 Å². The molecule has 2 aromatic rings. The van der Waals surface area contributed by atoms with Gasteiger partial charge >= 0.3 is 0 Å². The van der Waals surface area contributed by atoms with E-state index >= 15 is 0 Å². The van der Waals surface area contributed by atoms with Gasteiger partial charge in [-0.15, -0.1) is 0 Å². The molecular formula is C28H40N4O3. The predicted octanol–water partition coefficient (Wildman–Crippen LogP) is 3.25. The molecule has 7 heteroatoms. The number of carbonyl (C=O) groups is 2. The summed E-state index contributed by atoms with van der Waals surface area (Å²) in [7, 11) is 4.08. The number of rotatable bonds is 8. The van der Waals surface area contributed by atoms with E-state index in [1.165, 1.54) is 5.56 Å². The van der Waals surface area contributed by atoms with Gasteiger partial charge in [0.15, 0.2) is 0 Å². The van der Waals surface area contributed by atoms with Crippen LogP contribution in [-0.2, 0) is 28.1 Å². The van der Waals surface area contributed by atoms with Crippen LogP contribution in [0.1, 0.15) is 49.7 Å². The molecule has 1 N–H and O–H groups in total. The van der Waals surface area contributed by atoms with Crippen LogP contribution in [-0.4, -0.2) is 73.3 Å². The summed E-state index contributed by atoms with van der Waals surface area (Å²) in [5.41, 5.74) is 1.14. The lowest BCUT2D eigenvalue weighted by atomic mass is 9.72. The van der Waals surface area contributed by atoms with E-state index in [1.54, 1.807) is 6.92 Å².